The molecule has 1 saturated heterocycles. The maximum Gasteiger partial charge on any atom is 0.119 e. The lowest BCUT2D eigenvalue weighted by Gasteiger charge is -2.34. The second kappa shape index (κ2) is 5.72. The van der Waals surface area contributed by atoms with E-state index in [1.165, 1.54) is 6.42 Å². The minimum atomic E-state index is -0.0785. The average molecular weight is 276 g/mol. The van der Waals surface area contributed by atoms with Crippen molar-refractivity contribution < 1.29 is 9.84 Å². The summed E-state index contributed by atoms with van der Waals surface area (Å²) in [5.74, 6) is 1.08. The number of fused-ring (bicyclic) bond motifs is 1. The van der Waals surface area contributed by atoms with Crippen molar-refractivity contribution in [3.8, 4) is 5.75 Å². The van der Waals surface area contributed by atoms with Gasteiger partial charge >= 0.3 is 0 Å². The standard InChI is InChI=1S/C16H24N2O2/c1-10-2-3-14(19)13-7-12(6-11-4-5-18-9-11)20-15(8-17)16(10)13/h2-3,11-12,15,18-19H,4-9,17H2,1H3/t11?,12-,15-/m0/s1. The number of hydrogen-bond acceptors (Lipinski definition) is 4. The quantitative estimate of drug-likeness (QED) is 0.785. The highest BCUT2D eigenvalue weighted by atomic mass is 16.5. The molecule has 0 amide bonds. The van der Waals surface area contributed by atoms with E-state index in [0.717, 1.165) is 42.6 Å². The highest BCUT2D eigenvalue weighted by molar-refractivity contribution is 5.46. The Hall–Kier alpha value is -1.10. The van der Waals surface area contributed by atoms with Crippen LogP contribution in [0.5, 0.6) is 5.75 Å². The topological polar surface area (TPSA) is 67.5 Å². The average Bonchev–Trinajstić information content (AvgIpc) is 2.95. The van der Waals surface area contributed by atoms with Crippen molar-refractivity contribution in [2.24, 2.45) is 11.7 Å². The summed E-state index contributed by atoms with van der Waals surface area (Å²) in [6.07, 6.45) is 3.17. The van der Waals surface area contributed by atoms with E-state index >= 15 is 0 Å². The fourth-order valence-electron chi connectivity index (χ4n) is 3.61. The van der Waals surface area contributed by atoms with E-state index in [9.17, 15) is 5.11 Å². The maximum absolute atomic E-state index is 10.2. The van der Waals surface area contributed by atoms with E-state index in [4.69, 9.17) is 10.5 Å². The number of rotatable bonds is 3. The molecule has 0 radical (unpaired) electrons. The van der Waals surface area contributed by atoms with Gasteiger partial charge in [-0.05, 0) is 56.0 Å². The molecule has 4 nitrogen and oxygen atoms in total. The Kier molecular flexibility index (Phi) is 3.96. The van der Waals surface area contributed by atoms with E-state index < -0.39 is 0 Å². The first-order chi connectivity index (χ1) is 9.69. The van der Waals surface area contributed by atoms with Gasteiger partial charge in [0.1, 0.15) is 5.75 Å². The maximum atomic E-state index is 10.2. The molecule has 2 heterocycles. The Bertz CT molecular complexity index is 484. The molecule has 3 atom stereocenters. The molecule has 0 bridgehead atoms. The summed E-state index contributed by atoms with van der Waals surface area (Å²) < 4.78 is 6.20. The SMILES string of the molecule is Cc1ccc(O)c2c1[C@H](CN)O[C@@H](CC1CCNC1)C2. The first-order valence-electron chi connectivity index (χ1n) is 7.56. The van der Waals surface area contributed by atoms with E-state index in [1.54, 1.807) is 6.07 Å². The summed E-state index contributed by atoms with van der Waals surface area (Å²) in [6, 6.07) is 3.74. The first-order valence-corrected chi connectivity index (χ1v) is 7.56. The summed E-state index contributed by atoms with van der Waals surface area (Å²) in [6.45, 7) is 4.72. The van der Waals surface area contributed by atoms with E-state index in [-0.39, 0.29) is 12.2 Å². The number of benzene rings is 1. The molecule has 1 aromatic carbocycles. The normalized spacial score (nSPS) is 29.4. The van der Waals surface area contributed by atoms with Gasteiger partial charge in [0.05, 0.1) is 12.2 Å². The van der Waals surface area contributed by atoms with Gasteiger partial charge in [-0.1, -0.05) is 6.07 Å². The van der Waals surface area contributed by atoms with Crippen LogP contribution in [0.3, 0.4) is 0 Å². The van der Waals surface area contributed by atoms with Crippen molar-refractivity contribution in [1.82, 2.24) is 5.32 Å². The van der Waals surface area contributed by atoms with Crippen LogP contribution in [0.25, 0.3) is 0 Å². The summed E-state index contributed by atoms with van der Waals surface area (Å²) in [7, 11) is 0. The van der Waals surface area contributed by atoms with Crippen molar-refractivity contribution in [2.75, 3.05) is 19.6 Å². The molecule has 1 aromatic rings. The predicted molar refractivity (Wildman–Crippen MR) is 78.8 cm³/mol. The molecule has 2 aliphatic rings. The molecule has 1 fully saturated rings. The molecule has 0 aromatic heterocycles. The van der Waals surface area contributed by atoms with Crippen molar-refractivity contribution in [3.05, 3.63) is 28.8 Å². The van der Waals surface area contributed by atoms with Crippen LogP contribution < -0.4 is 11.1 Å². The van der Waals surface area contributed by atoms with Gasteiger partial charge in [-0.25, -0.2) is 0 Å². The van der Waals surface area contributed by atoms with Crippen LogP contribution in [0.2, 0.25) is 0 Å². The Morgan fingerprint density at radius 3 is 3.00 bits per heavy atom. The highest BCUT2D eigenvalue weighted by Gasteiger charge is 2.31. The summed E-state index contributed by atoms with van der Waals surface area (Å²) >= 11 is 0. The number of phenolic OH excluding ortho intramolecular Hbond substituents is 1. The summed E-state index contributed by atoms with van der Waals surface area (Å²) in [4.78, 5) is 0. The highest BCUT2D eigenvalue weighted by Crippen LogP contribution is 2.38. The van der Waals surface area contributed by atoms with Crippen LogP contribution in [0.1, 0.15) is 35.6 Å². The van der Waals surface area contributed by atoms with E-state index in [1.807, 2.05) is 6.07 Å². The van der Waals surface area contributed by atoms with Gasteiger partial charge in [0.2, 0.25) is 0 Å². The molecule has 0 aliphatic carbocycles. The molecule has 3 rings (SSSR count). The predicted octanol–water partition coefficient (Wildman–Crippen LogP) is 1.64. The minimum absolute atomic E-state index is 0.0785. The Labute approximate surface area is 120 Å². The molecule has 0 saturated carbocycles. The van der Waals surface area contributed by atoms with Gasteiger partial charge in [0.15, 0.2) is 0 Å². The zero-order chi connectivity index (χ0) is 14.1. The third-order valence-corrected chi connectivity index (χ3v) is 4.63. The third kappa shape index (κ3) is 2.55. The van der Waals surface area contributed by atoms with Crippen LogP contribution in [0.15, 0.2) is 12.1 Å². The van der Waals surface area contributed by atoms with Gasteiger partial charge in [-0.3, -0.25) is 0 Å². The van der Waals surface area contributed by atoms with Crippen molar-refractivity contribution in [3.63, 3.8) is 0 Å². The Morgan fingerprint density at radius 2 is 2.30 bits per heavy atom. The van der Waals surface area contributed by atoms with Gasteiger partial charge in [0, 0.05) is 18.5 Å². The molecule has 0 spiro atoms. The number of nitrogens with one attached hydrogen (secondary N) is 1. The summed E-state index contributed by atoms with van der Waals surface area (Å²) in [5.41, 5.74) is 9.20. The van der Waals surface area contributed by atoms with Crippen LogP contribution >= 0.6 is 0 Å². The van der Waals surface area contributed by atoms with Gasteiger partial charge in [-0.15, -0.1) is 0 Å². The first kappa shape index (κ1) is 13.9. The van der Waals surface area contributed by atoms with Crippen LogP contribution in [-0.2, 0) is 11.2 Å². The zero-order valence-electron chi connectivity index (χ0n) is 12.1. The molecule has 2 aliphatic heterocycles. The Morgan fingerprint density at radius 1 is 1.45 bits per heavy atom. The van der Waals surface area contributed by atoms with E-state index in [2.05, 4.69) is 12.2 Å². The van der Waals surface area contributed by atoms with E-state index in [0.29, 0.717) is 18.2 Å². The lowest BCUT2D eigenvalue weighted by Crippen LogP contribution is -2.32. The van der Waals surface area contributed by atoms with Crippen molar-refractivity contribution in [1.29, 1.82) is 0 Å². The number of nitrogens with two attached hydrogens (primary N) is 1. The molecular formula is C16H24N2O2. The van der Waals surface area contributed by atoms with Crippen LogP contribution in [-0.4, -0.2) is 30.8 Å². The second-order valence-corrected chi connectivity index (χ2v) is 6.07. The molecule has 20 heavy (non-hydrogen) atoms. The number of hydrogen-bond donors (Lipinski definition) is 3. The monoisotopic (exact) mass is 276 g/mol. The van der Waals surface area contributed by atoms with Gasteiger partial charge < -0.3 is 20.9 Å². The molecule has 4 heteroatoms. The second-order valence-electron chi connectivity index (χ2n) is 6.07. The lowest BCUT2D eigenvalue weighted by molar-refractivity contribution is -0.0320. The number of phenols is 1. The number of ether oxygens (including phenoxy) is 1. The smallest absolute Gasteiger partial charge is 0.119 e. The van der Waals surface area contributed by atoms with Crippen LogP contribution in [0.4, 0.5) is 0 Å². The molecule has 110 valence electrons. The Balaban J connectivity index is 1.83. The zero-order valence-corrected chi connectivity index (χ0v) is 12.1. The van der Waals surface area contributed by atoms with Gasteiger partial charge in [-0.2, -0.15) is 0 Å². The van der Waals surface area contributed by atoms with Gasteiger partial charge in [0.25, 0.3) is 0 Å². The van der Waals surface area contributed by atoms with Crippen molar-refractivity contribution >= 4 is 0 Å². The fourth-order valence-corrected chi connectivity index (χ4v) is 3.61. The third-order valence-electron chi connectivity index (χ3n) is 4.63. The fraction of sp³-hybridized carbons (Fsp3) is 0.625. The number of aryl methyl sites for hydroxylation is 1. The lowest BCUT2D eigenvalue weighted by atomic mass is 9.87. The minimum Gasteiger partial charge on any atom is -0.508 e. The molecule has 1 unspecified atom stereocenters. The number of aromatic hydroxyl groups is 1. The largest absolute Gasteiger partial charge is 0.508 e. The van der Waals surface area contributed by atoms with Crippen molar-refractivity contribution in [2.45, 2.75) is 38.4 Å². The summed E-state index contributed by atoms with van der Waals surface area (Å²) in [5, 5.41) is 13.6. The molecular weight excluding hydrogens is 252 g/mol. The molecule has 4 N–H and O–H groups in total. The van der Waals surface area contributed by atoms with Crippen LogP contribution in [0, 0.1) is 12.8 Å².